The zero-order chi connectivity index (χ0) is 12.0. The van der Waals surface area contributed by atoms with Crippen LogP contribution in [0, 0.1) is 6.92 Å². The molecule has 16 heavy (non-hydrogen) atoms. The molecule has 0 bridgehead atoms. The molecule has 6 nitrogen and oxygen atoms in total. The van der Waals surface area contributed by atoms with Crippen LogP contribution in [0.4, 0.5) is 0 Å². The summed E-state index contributed by atoms with van der Waals surface area (Å²) in [5.74, 6) is 0.520. The molecule has 0 atom stereocenters. The molecule has 0 aromatic heterocycles. The zero-order valence-electron chi connectivity index (χ0n) is 9.00. The second-order valence-electron chi connectivity index (χ2n) is 3.10. The molecule has 5 N–H and O–H groups in total. The van der Waals surface area contributed by atoms with E-state index in [9.17, 15) is 0 Å². The van der Waals surface area contributed by atoms with Gasteiger partial charge >= 0.3 is 0 Å². The Labute approximate surface area is 93.4 Å². The van der Waals surface area contributed by atoms with Crippen molar-refractivity contribution >= 4 is 12.2 Å². The van der Waals surface area contributed by atoms with Gasteiger partial charge in [0.25, 0.3) is 12.2 Å². The average molecular weight is 223 g/mol. The number of guanidine groups is 1. The van der Waals surface area contributed by atoms with Crippen molar-refractivity contribution in [1.82, 2.24) is 0 Å². The molecular weight excluding hydrogens is 208 g/mol. The van der Waals surface area contributed by atoms with Crippen molar-refractivity contribution in [1.29, 1.82) is 0 Å². The number of rotatable bonds is 4. The minimum absolute atomic E-state index is 0.165. The number of hydrazone groups is 1. The lowest BCUT2D eigenvalue weighted by atomic mass is 10.2. The van der Waals surface area contributed by atoms with Crippen LogP contribution in [0.1, 0.15) is 5.56 Å². The van der Waals surface area contributed by atoms with Crippen LogP contribution in [0.15, 0.2) is 29.4 Å². The zero-order valence-corrected chi connectivity index (χ0v) is 9.00. The van der Waals surface area contributed by atoms with Gasteiger partial charge in [0.2, 0.25) is 0 Å². The number of aryl methyl sites for hydroxylation is 1. The van der Waals surface area contributed by atoms with E-state index in [1.54, 1.807) is 0 Å². The monoisotopic (exact) mass is 223 g/mol. The van der Waals surface area contributed by atoms with Gasteiger partial charge in [0.05, 0.1) is 5.10 Å². The fraction of sp³-hybridized carbons (Fsp3) is 0.200. The summed E-state index contributed by atoms with van der Waals surface area (Å²) in [6, 6.07) is 7.56. The van der Waals surface area contributed by atoms with E-state index in [1.165, 1.54) is 6.21 Å². The summed E-state index contributed by atoms with van der Waals surface area (Å²) in [5, 5.41) is 12.5. The summed E-state index contributed by atoms with van der Waals surface area (Å²) in [4.78, 5) is 0.521. The first kappa shape index (κ1) is 11.8. The van der Waals surface area contributed by atoms with Gasteiger partial charge in [0.1, 0.15) is 10.6 Å². The molecule has 0 saturated heterocycles. The number of nitrogens with zero attached hydrogens (tertiary/aromatic N) is 2. The standard InChI is InChI=1S/C10H15N4O2/c1-8-4-2-3-5-9(8)16-7-6-14(15)13-10(11)12/h2-6,15H,7H2,1H3,(H4,11,12,13)/q+1/b14-6+. The quantitative estimate of drug-likeness (QED) is 0.221. The van der Waals surface area contributed by atoms with Gasteiger partial charge in [-0.25, -0.2) is 0 Å². The van der Waals surface area contributed by atoms with E-state index in [0.717, 1.165) is 11.3 Å². The molecule has 0 aliphatic rings. The Morgan fingerprint density at radius 2 is 2.19 bits per heavy atom. The van der Waals surface area contributed by atoms with Crippen molar-refractivity contribution in [2.24, 2.45) is 16.6 Å². The van der Waals surface area contributed by atoms with Crippen molar-refractivity contribution in [2.75, 3.05) is 6.61 Å². The van der Waals surface area contributed by atoms with Gasteiger partial charge in [0, 0.05) is 0 Å². The molecular formula is C10H15N4O2+. The van der Waals surface area contributed by atoms with Crippen molar-refractivity contribution in [2.45, 2.75) is 6.92 Å². The van der Waals surface area contributed by atoms with Crippen LogP contribution < -0.4 is 16.2 Å². The van der Waals surface area contributed by atoms with Gasteiger partial charge in [-0.3, -0.25) is 5.21 Å². The molecule has 1 aromatic rings. The van der Waals surface area contributed by atoms with E-state index in [-0.39, 0.29) is 12.6 Å². The summed E-state index contributed by atoms with van der Waals surface area (Å²) in [6.07, 6.45) is 1.30. The SMILES string of the molecule is Cc1ccccc1OC/C=[N+](/O)N=C(N)N. The normalized spacial score (nSPS) is 10.9. The molecule has 0 aliphatic carbocycles. The maximum absolute atomic E-state index is 9.12. The van der Waals surface area contributed by atoms with Crippen molar-refractivity contribution < 1.29 is 14.8 Å². The van der Waals surface area contributed by atoms with Crippen molar-refractivity contribution in [3.05, 3.63) is 29.8 Å². The molecule has 1 aromatic carbocycles. The number of benzene rings is 1. The molecule has 1 rings (SSSR count). The van der Waals surface area contributed by atoms with Crippen LogP contribution in [0.25, 0.3) is 0 Å². The molecule has 6 heteroatoms. The second kappa shape index (κ2) is 5.59. The highest BCUT2D eigenvalue weighted by Crippen LogP contribution is 2.15. The molecule has 0 fully saturated rings. The lowest BCUT2D eigenvalue weighted by molar-refractivity contribution is -0.777. The van der Waals surface area contributed by atoms with E-state index >= 15 is 0 Å². The fourth-order valence-electron chi connectivity index (χ4n) is 1.07. The van der Waals surface area contributed by atoms with Crippen LogP contribution in [-0.4, -0.2) is 28.8 Å². The summed E-state index contributed by atoms with van der Waals surface area (Å²) < 4.78 is 5.38. The largest absolute Gasteiger partial charge is 0.483 e. The first-order valence-corrected chi connectivity index (χ1v) is 4.69. The van der Waals surface area contributed by atoms with E-state index < -0.39 is 0 Å². The lowest BCUT2D eigenvalue weighted by Crippen LogP contribution is -2.25. The van der Waals surface area contributed by atoms with E-state index in [2.05, 4.69) is 5.10 Å². The first-order chi connectivity index (χ1) is 7.59. The van der Waals surface area contributed by atoms with Gasteiger partial charge in [-0.1, -0.05) is 18.2 Å². The highest BCUT2D eigenvalue weighted by Gasteiger charge is 2.00. The Bertz CT molecular complexity index is 411. The van der Waals surface area contributed by atoms with E-state index in [1.807, 2.05) is 31.2 Å². The predicted octanol–water partition coefficient (Wildman–Crippen LogP) is 0.0347. The smallest absolute Gasteiger partial charge is 0.268 e. The Morgan fingerprint density at radius 3 is 2.81 bits per heavy atom. The second-order valence-corrected chi connectivity index (χ2v) is 3.10. The number of hydrogen-bond acceptors (Lipinski definition) is 3. The molecule has 86 valence electrons. The summed E-state index contributed by atoms with van der Waals surface area (Å²) in [7, 11) is 0. The summed E-state index contributed by atoms with van der Waals surface area (Å²) in [5.41, 5.74) is 11.1. The number of para-hydroxylation sites is 1. The molecule has 0 radical (unpaired) electrons. The molecule has 0 amide bonds. The lowest BCUT2D eigenvalue weighted by Gasteiger charge is -2.03. The Morgan fingerprint density at radius 1 is 1.50 bits per heavy atom. The Kier molecular flexibility index (Phi) is 4.14. The van der Waals surface area contributed by atoms with Crippen LogP contribution in [0.3, 0.4) is 0 Å². The number of ether oxygens (including phenoxy) is 1. The maximum atomic E-state index is 9.12. The summed E-state index contributed by atoms with van der Waals surface area (Å²) >= 11 is 0. The minimum Gasteiger partial charge on any atom is -0.483 e. The molecule has 0 unspecified atom stereocenters. The number of hydrogen-bond donors (Lipinski definition) is 3. The van der Waals surface area contributed by atoms with E-state index in [4.69, 9.17) is 21.4 Å². The van der Waals surface area contributed by atoms with Gasteiger partial charge in [-0.05, 0) is 18.6 Å². The highest BCUT2D eigenvalue weighted by molar-refractivity contribution is 5.75. The van der Waals surface area contributed by atoms with E-state index in [0.29, 0.717) is 4.85 Å². The van der Waals surface area contributed by atoms with Gasteiger partial charge in [0.15, 0.2) is 6.61 Å². The van der Waals surface area contributed by atoms with Crippen molar-refractivity contribution in [3.63, 3.8) is 0 Å². The third-order valence-electron chi connectivity index (χ3n) is 1.79. The number of nitrogens with two attached hydrogens (primary N) is 2. The minimum atomic E-state index is -0.227. The van der Waals surface area contributed by atoms with Gasteiger partial charge in [-0.15, -0.1) is 0 Å². The predicted molar refractivity (Wildman–Crippen MR) is 60.6 cm³/mol. The molecule has 0 heterocycles. The fourth-order valence-corrected chi connectivity index (χ4v) is 1.07. The van der Waals surface area contributed by atoms with Crippen LogP contribution in [0.5, 0.6) is 5.75 Å². The third-order valence-corrected chi connectivity index (χ3v) is 1.79. The molecule has 0 aliphatic heterocycles. The van der Waals surface area contributed by atoms with Crippen LogP contribution in [-0.2, 0) is 0 Å². The average Bonchev–Trinajstić information content (AvgIpc) is 2.19. The van der Waals surface area contributed by atoms with Gasteiger partial charge in [-0.2, -0.15) is 0 Å². The first-order valence-electron chi connectivity index (χ1n) is 4.69. The van der Waals surface area contributed by atoms with Crippen LogP contribution >= 0.6 is 0 Å². The molecule has 0 spiro atoms. The van der Waals surface area contributed by atoms with Gasteiger partial charge < -0.3 is 16.2 Å². The Hall–Kier alpha value is -2.24. The Balaban J connectivity index is 2.53. The summed E-state index contributed by atoms with van der Waals surface area (Å²) in [6.45, 7) is 2.10. The topological polar surface area (TPSA) is 96.9 Å². The molecule has 0 saturated carbocycles. The third kappa shape index (κ3) is 3.87. The maximum Gasteiger partial charge on any atom is 0.268 e. The highest BCUT2D eigenvalue weighted by atomic mass is 16.5. The van der Waals surface area contributed by atoms with Crippen molar-refractivity contribution in [3.8, 4) is 5.75 Å². The van der Waals surface area contributed by atoms with Crippen LogP contribution in [0.2, 0.25) is 0 Å².